The molecule has 1 saturated carbocycles. The molecule has 4 heteroatoms. The van der Waals surface area contributed by atoms with E-state index < -0.39 is 0 Å². The summed E-state index contributed by atoms with van der Waals surface area (Å²) >= 11 is 0. The first-order chi connectivity index (χ1) is 12.3. The van der Waals surface area contributed by atoms with E-state index in [4.69, 9.17) is 17.0 Å². The highest BCUT2D eigenvalue weighted by molar-refractivity contribution is 6.38. The predicted octanol–water partition coefficient (Wildman–Crippen LogP) is 2.73. The SMILES string of the molecule is C#Cc1cc(C#CC2CC2)ccc1/C(C=NCC1CCCCO1)=N/N. The predicted molar refractivity (Wildman–Crippen MR) is 102 cm³/mol. The topological polar surface area (TPSA) is 60.0 Å². The molecule has 0 amide bonds. The molecule has 3 rings (SSSR count). The zero-order valence-corrected chi connectivity index (χ0v) is 14.4. The zero-order chi connectivity index (χ0) is 17.5. The molecule has 0 bridgehead atoms. The Labute approximate surface area is 149 Å². The quantitative estimate of drug-likeness (QED) is 0.399. The molecule has 2 fully saturated rings. The molecule has 1 aromatic carbocycles. The molecule has 1 unspecified atom stereocenters. The molecule has 1 aliphatic carbocycles. The third-order valence-corrected chi connectivity index (χ3v) is 4.38. The van der Waals surface area contributed by atoms with Crippen molar-refractivity contribution in [3.63, 3.8) is 0 Å². The minimum absolute atomic E-state index is 0.191. The number of hydrogen-bond donors (Lipinski definition) is 1. The van der Waals surface area contributed by atoms with Crippen molar-refractivity contribution in [3.8, 4) is 24.2 Å². The first-order valence-electron chi connectivity index (χ1n) is 8.82. The lowest BCUT2D eigenvalue weighted by atomic mass is 10.0. The number of terminal acetylenes is 1. The molecule has 2 N–H and O–H groups in total. The molecular formula is C21H23N3O. The Morgan fingerprint density at radius 3 is 2.88 bits per heavy atom. The van der Waals surface area contributed by atoms with E-state index in [1.165, 1.54) is 19.3 Å². The van der Waals surface area contributed by atoms with Gasteiger partial charge in [0.2, 0.25) is 0 Å². The van der Waals surface area contributed by atoms with E-state index in [9.17, 15) is 0 Å². The summed E-state index contributed by atoms with van der Waals surface area (Å²) in [5.41, 5.74) is 3.03. The van der Waals surface area contributed by atoms with Gasteiger partial charge in [-0.3, -0.25) is 4.99 Å². The van der Waals surface area contributed by atoms with Crippen molar-refractivity contribution >= 4 is 11.9 Å². The van der Waals surface area contributed by atoms with Gasteiger partial charge in [-0.15, -0.1) is 6.42 Å². The summed E-state index contributed by atoms with van der Waals surface area (Å²) in [5.74, 6) is 15.3. The Hall–Kier alpha value is -2.56. The lowest BCUT2D eigenvalue weighted by Crippen LogP contribution is -2.22. The van der Waals surface area contributed by atoms with Crippen LogP contribution in [0.1, 0.15) is 48.8 Å². The monoisotopic (exact) mass is 333 g/mol. The number of hydrazone groups is 1. The lowest BCUT2D eigenvalue weighted by molar-refractivity contribution is 0.0226. The van der Waals surface area contributed by atoms with Gasteiger partial charge < -0.3 is 10.6 Å². The molecule has 128 valence electrons. The van der Waals surface area contributed by atoms with E-state index in [1.807, 2.05) is 18.2 Å². The van der Waals surface area contributed by atoms with Gasteiger partial charge in [0, 0.05) is 35.4 Å². The van der Waals surface area contributed by atoms with Crippen molar-refractivity contribution in [2.75, 3.05) is 13.2 Å². The molecule has 1 aromatic rings. The third-order valence-electron chi connectivity index (χ3n) is 4.38. The Morgan fingerprint density at radius 2 is 2.20 bits per heavy atom. The van der Waals surface area contributed by atoms with Gasteiger partial charge in [-0.2, -0.15) is 5.10 Å². The van der Waals surface area contributed by atoms with Crippen molar-refractivity contribution in [1.29, 1.82) is 0 Å². The van der Waals surface area contributed by atoms with Gasteiger partial charge in [0.1, 0.15) is 5.71 Å². The minimum atomic E-state index is 0.191. The molecular weight excluding hydrogens is 310 g/mol. The lowest BCUT2D eigenvalue weighted by Gasteiger charge is -2.20. The minimum Gasteiger partial charge on any atom is -0.376 e. The van der Waals surface area contributed by atoms with E-state index in [1.54, 1.807) is 6.21 Å². The Morgan fingerprint density at radius 1 is 1.32 bits per heavy atom. The Kier molecular flexibility index (Phi) is 5.88. The molecule has 1 aliphatic heterocycles. The standard InChI is InChI=1S/C21H23N3O/c1-2-18-13-17(9-8-16-6-7-16)10-11-20(18)21(24-22)15-23-14-19-5-3-4-12-25-19/h1,10-11,13,15-16,19H,3-7,12,14,22H2/b23-15?,24-21+. The maximum Gasteiger partial charge on any atom is 0.109 e. The number of benzene rings is 1. The summed E-state index contributed by atoms with van der Waals surface area (Å²) in [7, 11) is 0. The van der Waals surface area contributed by atoms with Crippen molar-refractivity contribution in [2.24, 2.45) is 21.9 Å². The molecule has 1 atom stereocenters. The average Bonchev–Trinajstić information content (AvgIpc) is 3.49. The van der Waals surface area contributed by atoms with Gasteiger partial charge in [-0.05, 0) is 44.2 Å². The zero-order valence-electron chi connectivity index (χ0n) is 14.4. The van der Waals surface area contributed by atoms with Crippen LogP contribution in [0.2, 0.25) is 0 Å². The van der Waals surface area contributed by atoms with Crippen LogP contribution < -0.4 is 5.84 Å². The van der Waals surface area contributed by atoms with Gasteiger partial charge in [0.25, 0.3) is 0 Å². The molecule has 0 aromatic heterocycles. The summed E-state index contributed by atoms with van der Waals surface area (Å²) in [6, 6.07) is 5.78. The fraction of sp³-hybridized carbons (Fsp3) is 0.429. The number of nitrogens with zero attached hydrogens (tertiary/aromatic N) is 2. The van der Waals surface area contributed by atoms with E-state index in [-0.39, 0.29) is 6.10 Å². The second kappa shape index (κ2) is 8.51. The van der Waals surface area contributed by atoms with E-state index in [2.05, 4.69) is 27.9 Å². The van der Waals surface area contributed by atoms with Crippen molar-refractivity contribution in [2.45, 2.75) is 38.2 Å². The average molecular weight is 333 g/mol. The third kappa shape index (κ3) is 4.95. The van der Waals surface area contributed by atoms with Crippen LogP contribution in [0.4, 0.5) is 0 Å². The summed E-state index contributed by atoms with van der Waals surface area (Å²) in [6.07, 6.45) is 13.3. The van der Waals surface area contributed by atoms with Crippen LogP contribution in [-0.4, -0.2) is 31.2 Å². The van der Waals surface area contributed by atoms with E-state index in [0.29, 0.717) is 18.2 Å². The normalized spacial score (nSPS) is 20.8. The smallest absolute Gasteiger partial charge is 0.109 e. The number of hydrogen-bond acceptors (Lipinski definition) is 4. The highest BCUT2D eigenvalue weighted by atomic mass is 16.5. The summed E-state index contributed by atoms with van der Waals surface area (Å²) in [6.45, 7) is 1.44. The van der Waals surface area contributed by atoms with E-state index in [0.717, 1.165) is 36.1 Å². The van der Waals surface area contributed by atoms with Crippen LogP contribution in [0.5, 0.6) is 0 Å². The molecule has 0 spiro atoms. The Balaban J connectivity index is 1.71. The summed E-state index contributed by atoms with van der Waals surface area (Å²) in [5, 5.41) is 3.86. The number of ether oxygens (including phenoxy) is 1. The van der Waals surface area contributed by atoms with Gasteiger partial charge in [0.15, 0.2) is 0 Å². The molecule has 1 heterocycles. The molecule has 2 aliphatic rings. The van der Waals surface area contributed by atoms with Crippen LogP contribution in [-0.2, 0) is 4.74 Å². The van der Waals surface area contributed by atoms with Crippen LogP contribution >= 0.6 is 0 Å². The molecule has 1 saturated heterocycles. The van der Waals surface area contributed by atoms with Crippen molar-refractivity contribution in [1.82, 2.24) is 0 Å². The maximum atomic E-state index is 5.68. The van der Waals surface area contributed by atoms with Gasteiger partial charge in [-0.1, -0.05) is 23.8 Å². The second-order valence-corrected chi connectivity index (χ2v) is 6.45. The van der Waals surface area contributed by atoms with Gasteiger partial charge >= 0.3 is 0 Å². The van der Waals surface area contributed by atoms with Gasteiger partial charge in [0.05, 0.1) is 12.6 Å². The number of aliphatic imine (C=N–C) groups is 1. The number of nitrogens with two attached hydrogens (primary N) is 1. The van der Waals surface area contributed by atoms with E-state index >= 15 is 0 Å². The van der Waals surface area contributed by atoms with Crippen molar-refractivity contribution < 1.29 is 4.74 Å². The second-order valence-electron chi connectivity index (χ2n) is 6.45. The largest absolute Gasteiger partial charge is 0.376 e. The van der Waals surface area contributed by atoms with Crippen LogP contribution in [0.25, 0.3) is 0 Å². The highest BCUT2D eigenvalue weighted by Crippen LogP contribution is 2.27. The fourth-order valence-electron chi connectivity index (χ4n) is 2.76. The molecule has 4 nitrogen and oxygen atoms in total. The fourth-order valence-corrected chi connectivity index (χ4v) is 2.76. The molecule has 25 heavy (non-hydrogen) atoms. The van der Waals surface area contributed by atoms with Crippen molar-refractivity contribution in [3.05, 3.63) is 34.9 Å². The number of rotatable bonds is 4. The first-order valence-corrected chi connectivity index (χ1v) is 8.82. The first kappa shape index (κ1) is 17.3. The maximum absolute atomic E-state index is 5.68. The highest BCUT2D eigenvalue weighted by Gasteiger charge is 2.18. The Bertz CT molecular complexity index is 767. The molecule has 0 radical (unpaired) electrons. The summed E-state index contributed by atoms with van der Waals surface area (Å²) in [4.78, 5) is 4.45. The summed E-state index contributed by atoms with van der Waals surface area (Å²) < 4.78 is 5.68. The van der Waals surface area contributed by atoms with Crippen LogP contribution in [0, 0.1) is 30.1 Å². The van der Waals surface area contributed by atoms with Gasteiger partial charge in [-0.25, -0.2) is 0 Å². The van der Waals surface area contributed by atoms with Crippen LogP contribution in [0.15, 0.2) is 28.3 Å². The van der Waals surface area contributed by atoms with Crippen LogP contribution in [0.3, 0.4) is 0 Å².